The highest BCUT2D eigenvalue weighted by Crippen LogP contribution is 2.32. The van der Waals surface area contributed by atoms with Crippen LogP contribution in [0.5, 0.6) is 0 Å². The number of carbonyl (C=O) groups is 2. The second-order valence-corrected chi connectivity index (χ2v) is 4.68. The lowest BCUT2D eigenvalue weighted by atomic mass is 9.76. The molecule has 0 spiro atoms. The highest BCUT2D eigenvalue weighted by atomic mass is 16.4. The van der Waals surface area contributed by atoms with Gasteiger partial charge in [-0.25, -0.2) is 4.79 Å². The van der Waals surface area contributed by atoms with Crippen molar-refractivity contribution in [3.05, 3.63) is 71.3 Å². The lowest BCUT2D eigenvalue weighted by molar-refractivity contribution is -0.141. The predicted molar refractivity (Wildman–Crippen MR) is 73.9 cm³/mol. The zero-order chi connectivity index (χ0) is 14.8. The summed E-state index contributed by atoms with van der Waals surface area (Å²) in [5.41, 5.74) is 0.115. The first kappa shape index (κ1) is 13.8. The molecule has 0 saturated carbocycles. The molecule has 1 atom stereocenters. The van der Waals surface area contributed by atoms with Gasteiger partial charge in [0.25, 0.3) is 0 Å². The number of benzene rings is 2. The predicted octanol–water partition coefficient (Wildman–Crippen LogP) is 2.78. The number of carboxylic acid groups (broad SMARTS) is 2. The quantitative estimate of drug-likeness (QED) is 0.895. The van der Waals surface area contributed by atoms with Crippen LogP contribution < -0.4 is 0 Å². The van der Waals surface area contributed by atoms with Gasteiger partial charge in [-0.15, -0.1) is 0 Å². The van der Waals surface area contributed by atoms with Crippen molar-refractivity contribution in [3.8, 4) is 0 Å². The van der Waals surface area contributed by atoms with E-state index in [9.17, 15) is 14.7 Å². The SMILES string of the molecule is CC(C(=O)O)(c1ccccc1)c1ccc(C(=O)O)cc1. The molecule has 0 fully saturated rings. The van der Waals surface area contributed by atoms with Crippen LogP contribution in [0, 0.1) is 0 Å². The molecule has 0 aliphatic heterocycles. The van der Waals surface area contributed by atoms with Gasteiger partial charge in [0.1, 0.15) is 5.41 Å². The topological polar surface area (TPSA) is 74.6 Å². The summed E-state index contributed by atoms with van der Waals surface area (Å²) in [6.45, 7) is 1.61. The fraction of sp³-hybridized carbons (Fsp3) is 0.125. The molecule has 0 aromatic heterocycles. The van der Waals surface area contributed by atoms with Crippen molar-refractivity contribution in [2.45, 2.75) is 12.3 Å². The average molecular weight is 270 g/mol. The third-order valence-electron chi connectivity index (χ3n) is 3.49. The van der Waals surface area contributed by atoms with E-state index in [-0.39, 0.29) is 5.56 Å². The van der Waals surface area contributed by atoms with E-state index in [0.717, 1.165) is 0 Å². The number of aliphatic carboxylic acids is 1. The molecule has 0 bridgehead atoms. The van der Waals surface area contributed by atoms with Gasteiger partial charge in [0, 0.05) is 0 Å². The molecule has 4 heteroatoms. The number of hydrogen-bond acceptors (Lipinski definition) is 2. The van der Waals surface area contributed by atoms with E-state index in [2.05, 4.69) is 0 Å². The molecule has 0 radical (unpaired) electrons. The second-order valence-electron chi connectivity index (χ2n) is 4.68. The average Bonchev–Trinajstić information content (AvgIpc) is 2.47. The van der Waals surface area contributed by atoms with Crippen LogP contribution in [0.1, 0.15) is 28.4 Å². The largest absolute Gasteiger partial charge is 0.480 e. The molecule has 2 rings (SSSR count). The molecule has 2 aromatic rings. The monoisotopic (exact) mass is 270 g/mol. The van der Waals surface area contributed by atoms with Gasteiger partial charge in [0.2, 0.25) is 0 Å². The van der Waals surface area contributed by atoms with Crippen LogP contribution in [0.15, 0.2) is 54.6 Å². The van der Waals surface area contributed by atoms with E-state index in [1.165, 1.54) is 12.1 Å². The summed E-state index contributed by atoms with van der Waals surface area (Å²) >= 11 is 0. The summed E-state index contributed by atoms with van der Waals surface area (Å²) in [6, 6.07) is 14.8. The van der Waals surface area contributed by atoms with Crippen LogP contribution in [0.2, 0.25) is 0 Å². The Morgan fingerprint density at radius 3 is 1.80 bits per heavy atom. The fourth-order valence-electron chi connectivity index (χ4n) is 2.13. The Morgan fingerprint density at radius 2 is 1.35 bits per heavy atom. The van der Waals surface area contributed by atoms with E-state index >= 15 is 0 Å². The molecule has 20 heavy (non-hydrogen) atoms. The van der Waals surface area contributed by atoms with Gasteiger partial charge >= 0.3 is 11.9 Å². The smallest absolute Gasteiger partial charge is 0.335 e. The lowest BCUT2D eigenvalue weighted by Crippen LogP contribution is -2.33. The Labute approximate surface area is 116 Å². The molecular formula is C16H14O4. The molecule has 1 unspecified atom stereocenters. The summed E-state index contributed by atoms with van der Waals surface area (Å²) < 4.78 is 0. The van der Waals surface area contributed by atoms with E-state index in [1.807, 2.05) is 6.07 Å². The zero-order valence-electron chi connectivity index (χ0n) is 10.9. The van der Waals surface area contributed by atoms with Gasteiger partial charge in [-0.1, -0.05) is 42.5 Å². The summed E-state index contributed by atoms with van der Waals surface area (Å²) in [5, 5.41) is 18.5. The number of rotatable bonds is 4. The van der Waals surface area contributed by atoms with Crippen LogP contribution >= 0.6 is 0 Å². The summed E-state index contributed by atoms with van der Waals surface area (Å²) in [7, 11) is 0. The molecule has 102 valence electrons. The molecule has 0 amide bonds. The maximum atomic E-state index is 11.7. The van der Waals surface area contributed by atoms with Crippen LogP contribution in [0.25, 0.3) is 0 Å². The van der Waals surface area contributed by atoms with Crippen LogP contribution in [-0.2, 0) is 10.2 Å². The van der Waals surface area contributed by atoms with Gasteiger partial charge in [-0.05, 0) is 30.2 Å². The Bertz CT molecular complexity index is 631. The number of hydrogen-bond donors (Lipinski definition) is 2. The van der Waals surface area contributed by atoms with Gasteiger partial charge < -0.3 is 10.2 Å². The third kappa shape index (κ3) is 2.28. The summed E-state index contributed by atoms with van der Waals surface area (Å²) in [5.74, 6) is -2.01. The van der Waals surface area contributed by atoms with Crippen LogP contribution in [0.4, 0.5) is 0 Å². The van der Waals surface area contributed by atoms with Crippen LogP contribution in [-0.4, -0.2) is 22.2 Å². The molecule has 0 aliphatic carbocycles. The van der Waals surface area contributed by atoms with E-state index in [0.29, 0.717) is 11.1 Å². The zero-order valence-corrected chi connectivity index (χ0v) is 10.9. The van der Waals surface area contributed by atoms with E-state index in [1.54, 1.807) is 43.3 Å². The first-order valence-corrected chi connectivity index (χ1v) is 6.09. The summed E-state index contributed by atoms with van der Waals surface area (Å²) in [6.07, 6.45) is 0. The molecule has 0 heterocycles. The first-order chi connectivity index (χ1) is 9.46. The van der Waals surface area contributed by atoms with Gasteiger partial charge in [0.15, 0.2) is 0 Å². The van der Waals surface area contributed by atoms with Crippen molar-refractivity contribution in [2.24, 2.45) is 0 Å². The van der Waals surface area contributed by atoms with E-state index in [4.69, 9.17) is 5.11 Å². The fourth-order valence-corrected chi connectivity index (χ4v) is 2.13. The van der Waals surface area contributed by atoms with Crippen molar-refractivity contribution < 1.29 is 19.8 Å². The second kappa shape index (κ2) is 5.17. The molecule has 4 nitrogen and oxygen atoms in total. The highest BCUT2D eigenvalue weighted by Gasteiger charge is 2.37. The van der Waals surface area contributed by atoms with E-state index < -0.39 is 17.4 Å². The highest BCUT2D eigenvalue weighted by molar-refractivity contribution is 5.89. The Kier molecular flexibility index (Phi) is 3.57. The third-order valence-corrected chi connectivity index (χ3v) is 3.49. The first-order valence-electron chi connectivity index (χ1n) is 6.09. The molecule has 2 N–H and O–H groups in total. The minimum Gasteiger partial charge on any atom is -0.480 e. The summed E-state index contributed by atoms with van der Waals surface area (Å²) in [4.78, 5) is 22.6. The van der Waals surface area contributed by atoms with Crippen LogP contribution in [0.3, 0.4) is 0 Å². The van der Waals surface area contributed by atoms with Crippen molar-refractivity contribution in [2.75, 3.05) is 0 Å². The van der Waals surface area contributed by atoms with Crippen molar-refractivity contribution in [1.29, 1.82) is 0 Å². The minimum atomic E-state index is -1.21. The normalized spacial score (nSPS) is 13.4. The molecule has 2 aromatic carbocycles. The van der Waals surface area contributed by atoms with Crippen molar-refractivity contribution >= 4 is 11.9 Å². The lowest BCUT2D eigenvalue weighted by Gasteiger charge is -2.26. The molecular weight excluding hydrogens is 256 g/mol. The number of carboxylic acids is 2. The standard InChI is InChI=1S/C16H14O4/c1-16(15(19)20,12-5-3-2-4-6-12)13-9-7-11(8-10-13)14(17)18/h2-10H,1H3,(H,17,18)(H,19,20). The van der Waals surface area contributed by atoms with Gasteiger partial charge in [-0.3, -0.25) is 4.79 Å². The molecule has 0 saturated heterocycles. The number of aromatic carboxylic acids is 1. The van der Waals surface area contributed by atoms with Gasteiger partial charge in [-0.2, -0.15) is 0 Å². The van der Waals surface area contributed by atoms with Crippen molar-refractivity contribution in [1.82, 2.24) is 0 Å². The molecule has 0 aliphatic rings. The maximum absolute atomic E-state index is 11.7. The van der Waals surface area contributed by atoms with Crippen molar-refractivity contribution in [3.63, 3.8) is 0 Å². The Hall–Kier alpha value is -2.62. The minimum absolute atomic E-state index is 0.134. The van der Waals surface area contributed by atoms with Gasteiger partial charge in [0.05, 0.1) is 5.56 Å². The maximum Gasteiger partial charge on any atom is 0.335 e. The Balaban J connectivity index is 2.54. The Morgan fingerprint density at radius 1 is 0.850 bits per heavy atom.